The summed E-state index contributed by atoms with van der Waals surface area (Å²) in [6, 6.07) is 10.0. The monoisotopic (exact) mass is 379 g/mol. The molecule has 1 amide bonds. The Hall–Kier alpha value is -2.80. The molecule has 0 spiro atoms. The molecule has 0 aliphatic carbocycles. The number of pyridine rings is 1. The predicted molar refractivity (Wildman–Crippen MR) is 108 cm³/mol. The van der Waals surface area contributed by atoms with Gasteiger partial charge in [-0.05, 0) is 39.0 Å². The van der Waals surface area contributed by atoms with E-state index in [2.05, 4.69) is 28.9 Å². The molecule has 0 aliphatic rings. The third kappa shape index (κ3) is 3.19. The Morgan fingerprint density at radius 1 is 1.26 bits per heavy atom. The van der Waals surface area contributed by atoms with E-state index >= 15 is 0 Å². The molecule has 3 aromatic heterocycles. The highest BCUT2D eigenvalue weighted by Gasteiger charge is 2.20. The largest absolute Gasteiger partial charge is 0.335 e. The number of aromatic nitrogens is 4. The molecule has 27 heavy (non-hydrogen) atoms. The van der Waals surface area contributed by atoms with Crippen LogP contribution in [-0.2, 0) is 6.54 Å². The molecule has 0 bridgehead atoms. The summed E-state index contributed by atoms with van der Waals surface area (Å²) >= 11 is 1.62. The van der Waals surface area contributed by atoms with Gasteiger partial charge in [-0.15, -0.1) is 11.3 Å². The quantitative estimate of drug-likeness (QED) is 0.533. The molecule has 0 unspecified atom stereocenters. The summed E-state index contributed by atoms with van der Waals surface area (Å²) < 4.78 is 2.99. The van der Waals surface area contributed by atoms with Crippen LogP contribution in [0.2, 0.25) is 0 Å². The van der Waals surface area contributed by atoms with Gasteiger partial charge in [-0.1, -0.05) is 12.1 Å². The predicted octanol–water partition coefficient (Wildman–Crippen LogP) is 4.20. The SMILES string of the molecule is Cc1cc(C(=O)N(C)Cc2nc3ccccc3s2)c2cnn(C(C)C)c2n1. The van der Waals surface area contributed by atoms with Gasteiger partial charge in [0.2, 0.25) is 0 Å². The Kier molecular flexibility index (Phi) is 4.39. The van der Waals surface area contributed by atoms with Gasteiger partial charge >= 0.3 is 0 Å². The molecule has 138 valence electrons. The summed E-state index contributed by atoms with van der Waals surface area (Å²) in [5.41, 5.74) is 3.16. The number of rotatable bonds is 4. The molecular formula is C20H21N5OS. The number of hydrogen-bond donors (Lipinski definition) is 0. The normalized spacial score (nSPS) is 11.6. The van der Waals surface area contributed by atoms with Crippen LogP contribution in [0.3, 0.4) is 0 Å². The molecule has 6 nitrogen and oxygen atoms in total. The van der Waals surface area contributed by atoms with Gasteiger partial charge in [0.05, 0.1) is 33.9 Å². The van der Waals surface area contributed by atoms with E-state index in [4.69, 9.17) is 0 Å². The van der Waals surface area contributed by atoms with Gasteiger partial charge in [0.1, 0.15) is 5.01 Å². The number of nitrogens with zero attached hydrogens (tertiary/aromatic N) is 5. The van der Waals surface area contributed by atoms with Crippen LogP contribution in [0.25, 0.3) is 21.3 Å². The van der Waals surface area contributed by atoms with Gasteiger partial charge in [0, 0.05) is 18.8 Å². The number of amides is 1. The maximum absolute atomic E-state index is 13.1. The van der Waals surface area contributed by atoms with Crippen molar-refractivity contribution in [3.05, 3.63) is 52.8 Å². The van der Waals surface area contributed by atoms with Crippen molar-refractivity contribution < 1.29 is 4.79 Å². The summed E-state index contributed by atoms with van der Waals surface area (Å²) in [7, 11) is 1.81. The molecule has 3 heterocycles. The molecule has 0 atom stereocenters. The van der Waals surface area contributed by atoms with E-state index in [-0.39, 0.29) is 11.9 Å². The number of hydrogen-bond acceptors (Lipinski definition) is 5. The second kappa shape index (κ2) is 6.74. The van der Waals surface area contributed by atoms with Gasteiger partial charge in [-0.2, -0.15) is 5.10 Å². The second-order valence-corrected chi connectivity index (χ2v) is 8.08. The van der Waals surface area contributed by atoms with Crippen molar-refractivity contribution >= 4 is 38.5 Å². The molecule has 0 radical (unpaired) electrons. The van der Waals surface area contributed by atoms with Crippen LogP contribution in [0, 0.1) is 6.92 Å². The van der Waals surface area contributed by atoms with Gasteiger partial charge in [0.25, 0.3) is 5.91 Å². The van der Waals surface area contributed by atoms with Crippen molar-refractivity contribution in [2.75, 3.05) is 7.05 Å². The molecule has 7 heteroatoms. The molecule has 0 fully saturated rings. The van der Waals surface area contributed by atoms with Gasteiger partial charge in [-0.3, -0.25) is 4.79 Å². The van der Waals surface area contributed by atoms with Crippen LogP contribution in [0.15, 0.2) is 36.5 Å². The number of para-hydroxylation sites is 1. The molecule has 0 N–H and O–H groups in total. The van der Waals surface area contributed by atoms with E-state index in [0.29, 0.717) is 12.1 Å². The van der Waals surface area contributed by atoms with Crippen molar-refractivity contribution in [3.8, 4) is 0 Å². The van der Waals surface area contributed by atoms with Crippen LogP contribution in [-0.4, -0.2) is 37.6 Å². The molecule has 0 saturated carbocycles. The Labute approximate surface area is 161 Å². The highest BCUT2D eigenvalue weighted by atomic mass is 32.1. The Bertz CT molecular complexity index is 1110. The minimum atomic E-state index is -0.0481. The van der Waals surface area contributed by atoms with E-state index in [1.165, 1.54) is 0 Å². The molecule has 4 rings (SSSR count). The van der Waals surface area contributed by atoms with Gasteiger partial charge in [0.15, 0.2) is 5.65 Å². The van der Waals surface area contributed by atoms with Crippen LogP contribution in [0.1, 0.15) is 40.9 Å². The lowest BCUT2D eigenvalue weighted by Crippen LogP contribution is -2.26. The van der Waals surface area contributed by atoms with Crippen molar-refractivity contribution in [3.63, 3.8) is 0 Å². The Morgan fingerprint density at radius 2 is 2.04 bits per heavy atom. The molecule has 0 aliphatic heterocycles. The summed E-state index contributed by atoms with van der Waals surface area (Å²) in [5, 5.41) is 6.13. The average molecular weight is 379 g/mol. The summed E-state index contributed by atoms with van der Waals surface area (Å²) in [6.07, 6.45) is 1.74. The lowest BCUT2D eigenvalue weighted by atomic mass is 10.1. The summed E-state index contributed by atoms with van der Waals surface area (Å²) in [5.74, 6) is -0.0481. The maximum Gasteiger partial charge on any atom is 0.254 e. The van der Waals surface area contributed by atoms with Gasteiger partial charge < -0.3 is 4.90 Å². The van der Waals surface area contributed by atoms with Crippen molar-refractivity contribution in [1.82, 2.24) is 24.6 Å². The zero-order valence-corrected chi connectivity index (χ0v) is 16.6. The van der Waals surface area contributed by atoms with Crippen LogP contribution in [0.4, 0.5) is 0 Å². The topological polar surface area (TPSA) is 63.9 Å². The van der Waals surface area contributed by atoms with Crippen molar-refractivity contribution in [2.24, 2.45) is 0 Å². The molecule has 1 aromatic carbocycles. The average Bonchev–Trinajstić information content (AvgIpc) is 3.23. The first kappa shape index (κ1) is 17.6. The van der Waals surface area contributed by atoms with E-state index in [1.807, 2.05) is 49.0 Å². The molecular weight excluding hydrogens is 358 g/mol. The number of benzene rings is 1. The lowest BCUT2D eigenvalue weighted by Gasteiger charge is -2.16. The van der Waals surface area contributed by atoms with Crippen molar-refractivity contribution in [1.29, 1.82) is 0 Å². The van der Waals surface area contributed by atoms with E-state index in [1.54, 1.807) is 22.4 Å². The standard InChI is InChI=1S/C20H21N5OS/c1-12(2)25-19-15(10-21-25)14(9-13(3)22-19)20(26)24(4)11-18-23-16-7-5-6-8-17(16)27-18/h5-10,12H,11H2,1-4H3. The van der Waals surface area contributed by atoms with E-state index < -0.39 is 0 Å². The third-order valence-corrected chi connectivity index (χ3v) is 5.49. The van der Waals surface area contributed by atoms with Gasteiger partial charge in [-0.25, -0.2) is 14.6 Å². The fourth-order valence-corrected chi connectivity index (χ4v) is 4.19. The molecule has 0 saturated heterocycles. The minimum Gasteiger partial charge on any atom is -0.335 e. The molecule has 4 aromatic rings. The summed E-state index contributed by atoms with van der Waals surface area (Å²) in [4.78, 5) is 24.1. The number of thiazole rings is 1. The number of carbonyl (C=O) groups excluding carboxylic acids is 1. The first-order chi connectivity index (χ1) is 12.9. The fraction of sp³-hybridized carbons (Fsp3) is 0.300. The number of aryl methyl sites for hydroxylation is 1. The summed E-state index contributed by atoms with van der Waals surface area (Å²) in [6.45, 7) is 6.48. The highest BCUT2D eigenvalue weighted by Crippen LogP contribution is 2.25. The first-order valence-corrected chi connectivity index (χ1v) is 9.70. The first-order valence-electron chi connectivity index (χ1n) is 8.89. The fourth-order valence-electron chi connectivity index (χ4n) is 3.17. The number of carbonyl (C=O) groups is 1. The van der Waals surface area contributed by atoms with Crippen LogP contribution in [0.5, 0.6) is 0 Å². The van der Waals surface area contributed by atoms with Crippen molar-refractivity contribution in [2.45, 2.75) is 33.4 Å². The smallest absolute Gasteiger partial charge is 0.254 e. The second-order valence-electron chi connectivity index (χ2n) is 6.97. The zero-order valence-electron chi connectivity index (χ0n) is 15.8. The maximum atomic E-state index is 13.1. The van der Waals surface area contributed by atoms with E-state index in [0.717, 1.165) is 32.0 Å². The zero-order chi connectivity index (χ0) is 19.1. The minimum absolute atomic E-state index is 0.0481. The Morgan fingerprint density at radius 3 is 2.78 bits per heavy atom. The Balaban J connectivity index is 1.67. The highest BCUT2D eigenvalue weighted by molar-refractivity contribution is 7.18. The van der Waals surface area contributed by atoms with Crippen LogP contribution < -0.4 is 0 Å². The van der Waals surface area contributed by atoms with Crippen LogP contribution >= 0.6 is 11.3 Å². The van der Waals surface area contributed by atoms with E-state index in [9.17, 15) is 4.79 Å². The lowest BCUT2D eigenvalue weighted by molar-refractivity contribution is 0.0787. The number of fused-ring (bicyclic) bond motifs is 2. The third-order valence-electron chi connectivity index (χ3n) is 4.47.